The first-order valence-electron chi connectivity index (χ1n) is 16.8. The maximum atomic E-state index is 10.1. The van der Waals surface area contributed by atoms with E-state index in [0.29, 0.717) is 39.5 Å². The van der Waals surface area contributed by atoms with E-state index in [1.54, 1.807) is 24.4 Å². The highest BCUT2D eigenvalue weighted by Crippen LogP contribution is 2.45. The fourth-order valence-electron chi connectivity index (χ4n) is 6.99. The number of nitriles is 1. The molecule has 1 fully saturated rings. The Hall–Kier alpha value is -3.84. The third-order valence-electron chi connectivity index (χ3n) is 9.54. The SMILES string of the molecule is CC1(C)CC(O)CCN1CCCOc1cccc(-c2cccc3c2CC[C@@H]3Oc2cc(OCc3cncc(C#N)c3)c(CN)cc2Cl)c1Cl. The van der Waals surface area contributed by atoms with Gasteiger partial charge in [-0.25, -0.2) is 0 Å². The van der Waals surface area contributed by atoms with Gasteiger partial charge in [-0.3, -0.25) is 9.88 Å². The van der Waals surface area contributed by atoms with Crippen LogP contribution in [0, 0.1) is 11.3 Å². The normalized spacial score (nSPS) is 18.5. The number of hydrogen-bond acceptors (Lipinski definition) is 8. The van der Waals surface area contributed by atoms with Gasteiger partial charge < -0.3 is 25.1 Å². The highest BCUT2D eigenvalue weighted by atomic mass is 35.5. The molecule has 3 N–H and O–H groups in total. The molecule has 10 heteroatoms. The number of halogens is 2. The molecule has 2 aliphatic rings. The molecule has 1 saturated heterocycles. The average molecular weight is 702 g/mol. The van der Waals surface area contributed by atoms with Gasteiger partial charge in [-0.2, -0.15) is 5.26 Å². The summed E-state index contributed by atoms with van der Waals surface area (Å²) in [5.74, 6) is 1.75. The van der Waals surface area contributed by atoms with Crippen LogP contribution in [0.5, 0.6) is 17.2 Å². The molecule has 1 aliphatic carbocycles. The van der Waals surface area contributed by atoms with Gasteiger partial charge in [0.15, 0.2) is 0 Å². The van der Waals surface area contributed by atoms with E-state index in [0.717, 1.165) is 73.0 Å². The number of fused-ring (bicyclic) bond motifs is 1. The van der Waals surface area contributed by atoms with E-state index in [9.17, 15) is 10.4 Å². The van der Waals surface area contributed by atoms with Crippen LogP contribution in [0.3, 0.4) is 0 Å². The zero-order chi connectivity index (χ0) is 34.5. The topological polar surface area (TPSA) is 114 Å². The van der Waals surface area contributed by atoms with E-state index in [-0.39, 0.29) is 30.9 Å². The smallest absolute Gasteiger partial charge is 0.142 e. The Morgan fingerprint density at radius 2 is 1.84 bits per heavy atom. The molecule has 0 bridgehead atoms. The van der Waals surface area contributed by atoms with Gasteiger partial charge in [0.25, 0.3) is 0 Å². The molecule has 2 atom stereocenters. The van der Waals surface area contributed by atoms with Crippen LogP contribution in [0.25, 0.3) is 11.1 Å². The lowest BCUT2D eigenvalue weighted by atomic mass is 9.88. The monoisotopic (exact) mass is 700 g/mol. The molecule has 4 aromatic rings. The number of pyridine rings is 1. The second-order valence-electron chi connectivity index (χ2n) is 13.4. The molecular weight excluding hydrogens is 659 g/mol. The van der Waals surface area contributed by atoms with Crippen molar-refractivity contribution in [1.82, 2.24) is 9.88 Å². The van der Waals surface area contributed by atoms with Gasteiger partial charge in [-0.1, -0.05) is 53.5 Å². The van der Waals surface area contributed by atoms with Crippen molar-refractivity contribution in [2.45, 2.75) is 76.9 Å². The molecule has 256 valence electrons. The Labute approximate surface area is 298 Å². The van der Waals surface area contributed by atoms with Crippen LogP contribution in [0.15, 0.2) is 67.0 Å². The molecule has 1 unspecified atom stereocenters. The summed E-state index contributed by atoms with van der Waals surface area (Å²) in [7, 11) is 0. The molecule has 1 aliphatic heterocycles. The number of ether oxygens (including phenoxy) is 3. The van der Waals surface area contributed by atoms with E-state index in [1.807, 2.05) is 24.3 Å². The minimum atomic E-state index is -0.220. The maximum Gasteiger partial charge on any atom is 0.142 e. The zero-order valence-corrected chi connectivity index (χ0v) is 29.4. The number of rotatable bonds is 12. The summed E-state index contributed by atoms with van der Waals surface area (Å²) in [5, 5.41) is 20.3. The van der Waals surface area contributed by atoms with Crippen molar-refractivity contribution in [2.24, 2.45) is 5.73 Å². The lowest BCUT2D eigenvalue weighted by Gasteiger charge is -2.44. The predicted octanol–water partition coefficient (Wildman–Crippen LogP) is 8.04. The average Bonchev–Trinajstić information content (AvgIpc) is 3.50. The number of nitrogens with zero attached hydrogens (tertiary/aromatic N) is 3. The van der Waals surface area contributed by atoms with Crippen molar-refractivity contribution in [2.75, 3.05) is 19.7 Å². The lowest BCUT2D eigenvalue weighted by molar-refractivity contribution is -0.00424. The van der Waals surface area contributed by atoms with Crippen LogP contribution in [0.1, 0.15) is 73.5 Å². The second-order valence-corrected chi connectivity index (χ2v) is 14.1. The summed E-state index contributed by atoms with van der Waals surface area (Å²) in [6, 6.07) is 19.6. The van der Waals surface area contributed by atoms with Crippen LogP contribution in [0.2, 0.25) is 10.0 Å². The van der Waals surface area contributed by atoms with Crippen LogP contribution in [-0.2, 0) is 19.6 Å². The van der Waals surface area contributed by atoms with Crippen molar-refractivity contribution in [1.29, 1.82) is 5.26 Å². The van der Waals surface area contributed by atoms with Crippen LogP contribution in [0.4, 0.5) is 0 Å². The first kappa shape index (κ1) is 35.0. The lowest BCUT2D eigenvalue weighted by Crippen LogP contribution is -2.51. The minimum Gasteiger partial charge on any atom is -0.492 e. The Balaban J connectivity index is 1.15. The molecule has 0 spiro atoms. The summed E-state index contributed by atoms with van der Waals surface area (Å²) in [6.45, 7) is 7.21. The second kappa shape index (κ2) is 15.4. The number of benzene rings is 3. The molecule has 8 nitrogen and oxygen atoms in total. The Morgan fingerprint density at radius 1 is 1.02 bits per heavy atom. The van der Waals surface area contributed by atoms with Crippen LogP contribution >= 0.6 is 23.2 Å². The van der Waals surface area contributed by atoms with E-state index in [1.165, 1.54) is 11.8 Å². The first-order chi connectivity index (χ1) is 23.7. The van der Waals surface area contributed by atoms with E-state index >= 15 is 0 Å². The zero-order valence-electron chi connectivity index (χ0n) is 27.9. The summed E-state index contributed by atoms with van der Waals surface area (Å²) < 4.78 is 18.9. The fourth-order valence-corrected chi connectivity index (χ4v) is 7.50. The first-order valence-corrected chi connectivity index (χ1v) is 17.5. The van der Waals surface area contributed by atoms with Gasteiger partial charge in [-0.15, -0.1) is 0 Å². The number of likely N-dealkylation sites (tertiary alicyclic amines) is 1. The molecule has 3 aromatic carbocycles. The summed E-state index contributed by atoms with van der Waals surface area (Å²) in [4.78, 5) is 6.55. The van der Waals surface area contributed by atoms with Gasteiger partial charge in [-0.05, 0) is 80.8 Å². The third-order valence-corrected chi connectivity index (χ3v) is 10.2. The van der Waals surface area contributed by atoms with E-state index < -0.39 is 0 Å². The minimum absolute atomic E-state index is 0.0237. The molecule has 6 rings (SSSR count). The van der Waals surface area contributed by atoms with Crippen molar-refractivity contribution in [3.63, 3.8) is 0 Å². The molecule has 1 aromatic heterocycles. The number of hydrogen-bond donors (Lipinski definition) is 2. The highest BCUT2D eigenvalue weighted by molar-refractivity contribution is 6.35. The molecule has 0 amide bonds. The Morgan fingerprint density at radius 3 is 2.63 bits per heavy atom. The van der Waals surface area contributed by atoms with E-state index in [2.05, 4.69) is 41.9 Å². The molecule has 2 heterocycles. The van der Waals surface area contributed by atoms with Crippen molar-refractivity contribution in [3.8, 4) is 34.4 Å². The number of nitrogens with two attached hydrogens (primary N) is 1. The number of aliphatic hydroxyl groups excluding tert-OH is 1. The van der Waals surface area contributed by atoms with Crippen molar-refractivity contribution >= 4 is 23.2 Å². The number of aromatic nitrogens is 1. The van der Waals surface area contributed by atoms with Crippen LogP contribution < -0.4 is 19.9 Å². The van der Waals surface area contributed by atoms with Crippen molar-refractivity contribution in [3.05, 3.63) is 105 Å². The standard InChI is InChI=1S/C39H42Cl2N4O4/c1-39(2)19-28(46)12-14-45(39)13-5-15-47-35-9-4-8-32(38(35)41)29-6-3-7-31-30(29)10-11-34(31)49-37-18-36(27(21-43)17-33(37)40)48-24-26-16-25(20-42)22-44-23-26/h3-4,6-9,16-18,22-23,28,34,46H,5,10-15,19,21,24,43H2,1-2H3/t28?,34-/m0/s1. The van der Waals surface area contributed by atoms with Gasteiger partial charge in [0.05, 0.1) is 28.3 Å². The van der Waals surface area contributed by atoms with Gasteiger partial charge >= 0.3 is 0 Å². The number of piperidine rings is 1. The summed E-state index contributed by atoms with van der Waals surface area (Å²) in [5.41, 5.74) is 12.3. The summed E-state index contributed by atoms with van der Waals surface area (Å²) >= 11 is 13.7. The van der Waals surface area contributed by atoms with Gasteiger partial charge in [0.1, 0.15) is 36.0 Å². The summed E-state index contributed by atoms with van der Waals surface area (Å²) in [6.07, 6.45) is 6.82. The molecule has 49 heavy (non-hydrogen) atoms. The van der Waals surface area contributed by atoms with Crippen molar-refractivity contribution < 1.29 is 19.3 Å². The van der Waals surface area contributed by atoms with Gasteiger partial charge in [0, 0.05) is 60.3 Å². The number of aliphatic hydroxyl groups is 1. The van der Waals surface area contributed by atoms with Crippen LogP contribution in [-0.4, -0.2) is 46.3 Å². The van der Waals surface area contributed by atoms with E-state index in [4.69, 9.17) is 43.1 Å². The van der Waals surface area contributed by atoms with Gasteiger partial charge in [0.2, 0.25) is 0 Å². The maximum absolute atomic E-state index is 10.1. The Kier molecular flexibility index (Phi) is 11.0. The quantitative estimate of drug-likeness (QED) is 0.143. The highest BCUT2D eigenvalue weighted by Gasteiger charge is 2.33. The predicted molar refractivity (Wildman–Crippen MR) is 192 cm³/mol. The Bertz CT molecular complexity index is 1840. The molecular formula is C39H42Cl2N4O4. The molecule has 0 saturated carbocycles. The third kappa shape index (κ3) is 7.98. The largest absolute Gasteiger partial charge is 0.492 e. The fraction of sp³-hybridized carbons (Fsp3) is 0.385. The molecule has 0 radical (unpaired) electrons.